The Labute approximate surface area is 147 Å². The highest BCUT2D eigenvalue weighted by molar-refractivity contribution is 5.82. The van der Waals surface area contributed by atoms with Crippen molar-refractivity contribution < 1.29 is 14.2 Å². The molecule has 0 spiro atoms. The van der Waals surface area contributed by atoms with Crippen LogP contribution in [0.3, 0.4) is 0 Å². The van der Waals surface area contributed by atoms with E-state index in [2.05, 4.69) is 34.6 Å². The molecule has 0 atom stereocenters. The summed E-state index contributed by atoms with van der Waals surface area (Å²) in [5, 5.41) is 4.77. The van der Waals surface area contributed by atoms with E-state index in [1.165, 1.54) is 16.5 Å². The number of benzene rings is 2. The number of hydrogen-bond donors (Lipinski definition) is 2. The van der Waals surface area contributed by atoms with Crippen molar-refractivity contribution >= 4 is 10.9 Å². The molecule has 3 rings (SSSR count). The normalized spacial score (nSPS) is 10.8. The summed E-state index contributed by atoms with van der Waals surface area (Å²) in [6, 6.07) is 12.4. The van der Waals surface area contributed by atoms with Crippen LogP contribution in [0.2, 0.25) is 0 Å². The maximum atomic E-state index is 5.54. The molecule has 0 aliphatic rings. The van der Waals surface area contributed by atoms with Gasteiger partial charge in [-0.2, -0.15) is 0 Å². The number of hydrogen-bond acceptors (Lipinski definition) is 4. The third-order valence-electron chi connectivity index (χ3n) is 4.36. The van der Waals surface area contributed by atoms with E-state index < -0.39 is 0 Å². The van der Waals surface area contributed by atoms with Crippen molar-refractivity contribution in [2.75, 3.05) is 27.9 Å². The van der Waals surface area contributed by atoms with Crippen molar-refractivity contribution in [3.05, 3.63) is 53.7 Å². The van der Waals surface area contributed by atoms with E-state index >= 15 is 0 Å². The van der Waals surface area contributed by atoms with Crippen LogP contribution in [0.15, 0.2) is 42.6 Å². The highest BCUT2D eigenvalue weighted by atomic mass is 16.5. The van der Waals surface area contributed by atoms with Gasteiger partial charge in [-0.1, -0.05) is 18.2 Å². The highest BCUT2D eigenvalue weighted by Crippen LogP contribution is 2.39. The molecule has 0 fully saturated rings. The van der Waals surface area contributed by atoms with E-state index in [9.17, 15) is 0 Å². The third kappa shape index (κ3) is 3.56. The van der Waals surface area contributed by atoms with Gasteiger partial charge in [-0.05, 0) is 42.3 Å². The molecule has 2 N–H and O–H groups in total. The molecule has 1 aromatic heterocycles. The standard InChI is InChI=1S/C20H24N2O3/c1-23-18-8-7-14(19(24-2)20(18)25-3)9-11-21-13-15-5-4-6-17-16(15)10-12-22-17/h4-8,10,12,21-22H,9,11,13H2,1-3H3. The largest absolute Gasteiger partial charge is 0.493 e. The Balaban J connectivity index is 1.65. The summed E-state index contributed by atoms with van der Waals surface area (Å²) < 4.78 is 16.3. The molecule has 0 saturated heterocycles. The van der Waals surface area contributed by atoms with E-state index in [4.69, 9.17) is 14.2 Å². The first kappa shape index (κ1) is 17.2. The fourth-order valence-electron chi connectivity index (χ4n) is 3.11. The molecule has 1 heterocycles. The molecular formula is C20H24N2O3. The maximum absolute atomic E-state index is 5.54. The summed E-state index contributed by atoms with van der Waals surface area (Å²) in [6.45, 7) is 1.66. The molecule has 0 aliphatic carbocycles. The molecule has 5 heteroatoms. The average molecular weight is 340 g/mol. The molecular weight excluding hydrogens is 316 g/mol. The fourth-order valence-corrected chi connectivity index (χ4v) is 3.11. The molecule has 3 aromatic rings. The van der Waals surface area contributed by atoms with Gasteiger partial charge in [0.1, 0.15) is 0 Å². The number of H-pyrrole nitrogens is 1. The first-order chi connectivity index (χ1) is 12.3. The highest BCUT2D eigenvalue weighted by Gasteiger charge is 2.15. The van der Waals surface area contributed by atoms with Crippen LogP contribution in [-0.2, 0) is 13.0 Å². The average Bonchev–Trinajstić information content (AvgIpc) is 3.13. The summed E-state index contributed by atoms with van der Waals surface area (Å²) in [5.41, 5.74) is 3.55. The van der Waals surface area contributed by atoms with Crippen LogP contribution >= 0.6 is 0 Å². The lowest BCUT2D eigenvalue weighted by molar-refractivity contribution is 0.322. The molecule has 2 aromatic carbocycles. The van der Waals surface area contributed by atoms with Crippen LogP contribution in [0.5, 0.6) is 17.2 Å². The van der Waals surface area contributed by atoms with E-state index in [1.807, 2.05) is 18.3 Å². The minimum absolute atomic E-state index is 0.639. The molecule has 0 aliphatic heterocycles. The molecule has 132 valence electrons. The Bertz CT molecular complexity index is 842. The summed E-state index contributed by atoms with van der Waals surface area (Å²) in [5.74, 6) is 2.05. The number of rotatable bonds is 8. The van der Waals surface area contributed by atoms with Crippen molar-refractivity contribution in [2.45, 2.75) is 13.0 Å². The Kier molecular flexibility index (Phi) is 5.46. The monoisotopic (exact) mass is 340 g/mol. The van der Waals surface area contributed by atoms with Crippen LogP contribution in [0.1, 0.15) is 11.1 Å². The molecule has 0 unspecified atom stereocenters. The second-order valence-corrected chi connectivity index (χ2v) is 5.78. The zero-order chi connectivity index (χ0) is 17.6. The lowest BCUT2D eigenvalue weighted by Gasteiger charge is -2.16. The van der Waals surface area contributed by atoms with Crippen molar-refractivity contribution in [3.8, 4) is 17.2 Å². The number of fused-ring (bicyclic) bond motifs is 1. The second kappa shape index (κ2) is 7.94. The van der Waals surface area contributed by atoms with Gasteiger partial charge in [0.15, 0.2) is 11.5 Å². The van der Waals surface area contributed by atoms with Crippen LogP contribution in [0.4, 0.5) is 0 Å². The molecule has 25 heavy (non-hydrogen) atoms. The van der Waals surface area contributed by atoms with Crippen LogP contribution in [-0.4, -0.2) is 32.9 Å². The van der Waals surface area contributed by atoms with Gasteiger partial charge in [-0.15, -0.1) is 0 Å². The molecule has 0 amide bonds. The van der Waals surface area contributed by atoms with Gasteiger partial charge in [0.2, 0.25) is 5.75 Å². The molecule has 0 radical (unpaired) electrons. The predicted molar refractivity (Wildman–Crippen MR) is 99.8 cm³/mol. The van der Waals surface area contributed by atoms with Gasteiger partial charge >= 0.3 is 0 Å². The van der Waals surface area contributed by atoms with Crippen molar-refractivity contribution in [1.29, 1.82) is 0 Å². The predicted octanol–water partition coefficient (Wildman–Crippen LogP) is 3.53. The number of aromatic amines is 1. The van der Waals surface area contributed by atoms with Crippen molar-refractivity contribution in [3.63, 3.8) is 0 Å². The van der Waals surface area contributed by atoms with Crippen molar-refractivity contribution in [2.24, 2.45) is 0 Å². The van der Waals surface area contributed by atoms with Gasteiger partial charge in [-0.3, -0.25) is 0 Å². The smallest absolute Gasteiger partial charge is 0.203 e. The third-order valence-corrected chi connectivity index (χ3v) is 4.36. The number of methoxy groups -OCH3 is 3. The number of ether oxygens (including phenoxy) is 3. The minimum atomic E-state index is 0.639. The van der Waals surface area contributed by atoms with Crippen LogP contribution in [0.25, 0.3) is 10.9 Å². The van der Waals surface area contributed by atoms with Gasteiger partial charge < -0.3 is 24.5 Å². The Morgan fingerprint density at radius 2 is 1.72 bits per heavy atom. The molecule has 5 nitrogen and oxygen atoms in total. The van der Waals surface area contributed by atoms with Crippen molar-refractivity contribution in [1.82, 2.24) is 10.3 Å². The zero-order valence-electron chi connectivity index (χ0n) is 14.9. The van der Waals surface area contributed by atoms with Gasteiger partial charge in [0.25, 0.3) is 0 Å². The summed E-state index contributed by atoms with van der Waals surface area (Å²) in [4.78, 5) is 3.24. The van der Waals surface area contributed by atoms with E-state index in [0.29, 0.717) is 11.5 Å². The first-order valence-corrected chi connectivity index (χ1v) is 8.32. The first-order valence-electron chi connectivity index (χ1n) is 8.32. The second-order valence-electron chi connectivity index (χ2n) is 5.78. The van der Waals surface area contributed by atoms with Crippen LogP contribution in [0, 0.1) is 0 Å². The van der Waals surface area contributed by atoms with E-state index in [0.717, 1.165) is 30.8 Å². The fraction of sp³-hybridized carbons (Fsp3) is 0.300. The van der Waals surface area contributed by atoms with Gasteiger partial charge in [0, 0.05) is 23.6 Å². The van der Waals surface area contributed by atoms with Gasteiger partial charge in [-0.25, -0.2) is 0 Å². The zero-order valence-corrected chi connectivity index (χ0v) is 14.9. The van der Waals surface area contributed by atoms with Crippen LogP contribution < -0.4 is 19.5 Å². The van der Waals surface area contributed by atoms with E-state index in [-0.39, 0.29) is 0 Å². The van der Waals surface area contributed by atoms with E-state index in [1.54, 1.807) is 21.3 Å². The summed E-state index contributed by atoms with van der Waals surface area (Å²) in [6.07, 6.45) is 2.81. The van der Waals surface area contributed by atoms with Gasteiger partial charge in [0.05, 0.1) is 21.3 Å². The summed E-state index contributed by atoms with van der Waals surface area (Å²) in [7, 11) is 4.90. The molecule has 0 saturated carbocycles. The Morgan fingerprint density at radius 3 is 2.48 bits per heavy atom. The lowest BCUT2D eigenvalue weighted by Crippen LogP contribution is -2.17. The number of nitrogens with one attached hydrogen (secondary N) is 2. The Hall–Kier alpha value is -2.66. The molecule has 0 bridgehead atoms. The Morgan fingerprint density at radius 1 is 0.880 bits per heavy atom. The SMILES string of the molecule is COc1ccc(CCNCc2cccc3[nH]ccc23)c(OC)c1OC. The minimum Gasteiger partial charge on any atom is -0.493 e. The number of aromatic nitrogens is 1. The quantitative estimate of drug-likeness (QED) is 0.616. The lowest BCUT2D eigenvalue weighted by atomic mass is 10.1. The summed E-state index contributed by atoms with van der Waals surface area (Å²) >= 11 is 0. The maximum Gasteiger partial charge on any atom is 0.203 e. The topological polar surface area (TPSA) is 55.5 Å².